The van der Waals surface area contributed by atoms with Crippen LogP contribution in [-0.2, 0) is 9.53 Å². The third-order valence-corrected chi connectivity index (χ3v) is 3.67. The molecule has 2 rings (SSSR count). The van der Waals surface area contributed by atoms with Crippen LogP contribution >= 0.6 is 15.9 Å². The molecule has 5 nitrogen and oxygen atoms in total. The molecular weight excluding hydrogens is 314 g/mol. The average Bonchev–Trinajstić information content (AvgIpc) is 2.43. The van der Waals surface area contributed by atoms with E-state index in [4.69, 9.17) is 14.2 Å². The number of methoxy groups -OCH3 is 2. The molecule has 0 saturated carbocycles. The van der Waals surface area contributed by atoms with E-state index in [9.17, 15) is 4.79 Å². The van der Waals surface area contributed by atoms with Crippen LogP contribution in [0, 0.1) is 0 Å². The number of hydrogen-bond acceptors (Lipinski definition) is 5. The maximum atomic E-state index is 11.2. The van der Waals surface area contributed by atoms with Crippen LogP contribution < -0.4 is 14.4 Å². The molecule has 0 N–H and O–H groups in total. The first kappa shape index (κ1) is 14.1. The highest BCUT2D eigenvalue weighted by Gasteiger charge is 2.28. The second-order valence-electron chi connectivity index (χ2n) is 4.16. The number of halogens is 1. The van der Waals surface area contributed by atoms with Gasteiger partial charge in [-0.3, -0.25) is 0 Å². The molecular formula is C13H16BrNO4. The van der Waals surface area contributed by atoms with Crippen LogP contribution in [0.3, 0.4) is 0 Å². The SMILES string of the molecule is COCCN1c2cc(OC)c(Br)cc2OCC1C=O. The van der Waals surface area contributed by atoms with E-state index in [0.717, 1.165) is 22.2 Å². The van der Waals surface area contributed by atoms with E-state index in [1.54, 1.807) is 14.2 Å². The summed E-state index contributed by atoms with van der Waals surface area (Å²) in [6, 6.07) is 3.42. The molecule has 0 spiro atoms. The van der Waals surface area contributed by atoms with Gasteiger partial charge in [-0.05, 0) is 15.9 Å². The summed E-state index contributed by atoms with van der Waals surface area (Å²) < 4.78 is 16.8. The summed E-state index contributed by atoms with van der Waals surface area (Å²) >= 11 is 3.42. The Kier molecular flexibility index (Phi) is 4.66. The van der Waals surface area contributed by atoms with E-state index in [1.807, 2.05) is 17.0 Å². The largest absolute Gasteiger partial charge is 0.495 e. The summed E-state index contributed by atoms with van der Waals surface area (Å²) in [4.78, 5) is 13.1. The van der Waals surface area contributed by atoms with E-state index in [0.29, 0.717) is 25.5 Å². The Balaban J connectivity index is 2.38. The fourth-order valence-corrected chi connectivity index (χ4v) is 2.54. The molecule has 1 aromatic carbocycles. The van der Waals surface area contributed by atoms with Gasteiger partial charge in [0.1, 0.15) is 30.4 Å². The minimum atomic E-state index is -0.298. The van der Waals surface area contributed by atoms with Crippen molar-refractivity contribution >= 4 is 27.9 Å². The highest BCUT2D eigenvalue weighted by atomic mass is 79.9. The summed E-state index contributed by atoms with van der Waals surface area (Å²) in [5.41, 5.74) is 0.848. The Bertz CT molecular complexity index is 466. The van der Waals surface area contributed by atoms with Crippen molar-refractivity contribution in [2.45, 2.75) is 6.04 Å². The predicted molar refractivity (Wildman–Crippen MR) is 75.3 cm³/mol. The number of nitrogens with zero attached hydrogens (tertiary/aromatic N) is 1. The van der Waals surface area contributed by atoms with Gasteiger partial charge in [-0.2, -0.15) is 0 Å². The Labute approximate surface area is 120 Å². The molecule has 1 aliphatic heterocycles. The number of anilines is 1. The smallest absolute Gasteiger partial charge is 0.145 e. The number of rotatable bonds is 5. The maximum absolute atomic E-state index is 11.2. The van der Waals surface area contributed by atoms with E-state index in [1.165, 1.54) is 0 Å². The Morgan fingerprint density at radius 1 is 1.53 bits per heavy atom. The molecule has 1 atom stereocenters. The fraction of sp³-hybridized carbons (Fsp3) is 0.462. The van der Waals surface area contributed by atoms with Crippen LogP contribution in [0.5, 0.6) is 11.5 Å². The van der Waals surface area contributed by atoms with Crippen molar-refractivity contribution in [3.8, 4) is 11.5 Å². The summed E-state index contributed by atoms with van der Waals surface area (Å²) in [7, 11) is 3.24. The predicted octanol–water partition coefficient (Wildman–Crippen LogP) is 1.87. The molecule has 6 heteroatoms. The molecule has 19 heavy (non-hydrogen) atoms. The minimum absolute atomic E-state index is 0.298. The van der Waals surface area contributed by atoms with E-state index in [-0.39, 0.29) is 6.04 Å². The third-order valence-electron chi connectivity index (χ3n) is 3.05. The van der Waals surface area contributed by atoms with Gasteiger partial charge < -0.3 is 23.9 Å². The van der Waals surface area contributed by atoms with E-state index in [2.05, 4.69) is 15.9 Å². The molecule has 0 aliphatic carbocycles. The Morgan fingerprint density at radius 3 is 2.95 bits per heavy atom. The number of carbonyl (C=O) groups excluding carboxylic acids is 1. The lowest BCUT2D eigenvalue weighted by Gasteiger charge is -2.36. The van der Waals surface area contributed by atoms with Crippen LogP contribution in [0.25, 0.3) is 0 Å². The zero-order valence-electron chi connectivity index (χ0n) is 10.9. The Hall–Kier alpha value is -1.27. The summed E-state index contributed by atoms with van der Waals surface area (Å²) in [6.07, 6.45) is 0.896. The monoisotopic (exact) mass is 329 g/mol. The van der Waals surface area contributed by atoms with Gasteiger partial charge in [0.15, 0.2) is 0 Å². The fourth-order valence-electron chi connectivity index (χ4n) is 2.05. The zero-order valence-corrected chi connectivity index (χ0v) is 12.5. The lowest BCUT2D eigenvalue weighted by atomic mass is 10.1. The van der Waals surface area contributed by atoms with E-state index < -0.39 is 0 Å². The van der Waals surface area contributed by atoms with Gasteiger partial charge in [-0.15, -0.1) is 0 Å². The van der Waals surface area contributed by atoms with Crippen molar-refractivity contribution in [1.29, 1.82) is 0 Å². The van der Waals surface area contributed by atoms with Crippen LogP contribution in [0.4, 0.5) is 5.69 Å². The first-order valence-corrected chi connectivity index (χ1v) is 6.71. The molecule has 0 bridgehead atoms. The maximum Gasteiger partial charge on any atom is 0.145 e. The molecule has 0 radical (unpaired) electrons. The molecule has 0 aromatic heterocycles. The summed E-state index contributed by atoms with van der Waals surface area (Å²) in [5.74, 6) is 1.44. The molecule has 104 valence electrons. The van der Waals surface area contributed by atoms with Gasteiger partial charge in [0.25, 0.3) is 0 Å². The van der Waals surface area contributed by atoms with Crippen molar-refractivity contribution < 1.29 is 19.0 Å². The number of carbonyl (C=O) groups is 1. The highest BCUT2D eigenvalue weighted by Crippen LogP contribution is 2.40. The normalized spacial score (nSPS) is 17.6. The van der Waals surface area contributed by atoms with E-state index >= 15 is 0 Å². The molecule has 1 heterocycles. The molecule has 0 fully saturated rings. The lowest BCUT2D eigenvalue weighted by molar-refractivity contribution is -0.109. The number of fused-ring (bicyclic) bond motifs is 1. The average molecular weight is 330 g/mol. The molecule has 1 unspecified atom stereocenters. The van der Waals surface area contributed by atoms with Crippen molar-refractivity contribution in [2.75, 3.05) is 38.9 Å². The highest BCUT2D eigenvalue weighted by molar-refractivity contribution is 9.10. The number of hydrogen-bond donors (Lipinski definition) is 0. The van der Waals surface area contributed by atoms with Crippen molar-refractivity contribution in [2.24, 2.45) is 0 Å². The Morgan fingerprint density at radius 2 is 2.32 bits per heavy atom. The van der Waals surface area contributed by atoms with Gasteiger partial charge in [0.05, 0.1) is 23.9 Å². The van der Waals surface area contributed by atoms with Gasteiger partial charge in [-0.25, -0.2) is 0 Å². The third kappa shape index (κ3) is 2.84. The lowest BCUT2D eigenvalue weighted by Crippen LogP contribution is -2.45. The standard InChI is InChI=1S/C13H16BrNO4/c1-17-4-3-15-9(7-16)8-19-13-5-10(14)12(18-2)6-11(13)15/h5-7,9H,3-4,8H2,1-2H3. The van der Waals surface area contributed by atoms with Crippen molar-refractivity contribution in [3.63, 3.8) is 0 Å². The topological polar surface area (TPSA) is 48.0 Å². The summed E-state index contributed by atoms with van der Waals surface area (Å²) in [5, 5.41) is 0. The molecule has 1 aromatic rings. The quantitative estimate of drug-likeness (QED) is 0.772. The van der Waals surface area contributed by atoms with Crippen LogP contribution in [0.1, 0.15) is 0 Å². The van der Waals surface area contributed by atoms with Gasteiger partial charge in [0, 0.05) is 25.8 Å². The van der Waals surface area contributed by atoms with Crippen molar-refractivity contribution in [3.05, 3.63) is 16.6 Å². The number of aldehydes is 1. The second kappa shape index (κ2) is 6.25. The zero-order chi connectivity index (χ0) is 13.8. The van der Waals surface area contributed by atoms with Gasteiger partial charge >= 0.3 is 0 Å². The van der Waals surface area contributed by atoms with Crippen LogP contribution in [0.2, 0.25) is 0 Å². The molecule has 0 amide bonds. The second-order valence-corrected chi connectivity index (χ2v) is 5.01. The first-order valence-electron chi connectivity index (χ1n) is 5.92. The first-order chi connectivity index (χ1) is 9.21. The van der Waals surface area contributed by atoms with Gasteiger partial charge in [0.2, 0.25) is 0 Å². The van der Waals surface area contributed by atoms with Crippen molar-refractivity contribution in [1.82, 2.24) is 0 Å². The number of benzene rings is 1. The number of ether oxygens (including phenoxy) is 3. The minimum Gasteiger partial charge on any atom is -0.495 e. The van der Waals surface area contributed by atoms with Crippen LogP contribution in [0.15, 0.2) is 16.6 Å². The van der Waals surface area contributed by atoms with Crippen LogP contribution in [-0.4, -0.2) is 46.3 Å². The molecule has 1 aliphatic rings. The van der Waals surface area contributed by atoms with Gasteiger partial charge in [-0.1, -0.05) is 0 Å². The summed E-state index contributed by atoms with van der Waals surface area (Å²) in [6.45, 7) is 1.52. The molecule has 0 saturated heterocycles.